The molecule has 0 spiro atoms. The van der Waals surface area contributed by atoms with Crippen LogP contribution in [0.25, 0.3) is 0 Å². The van der Waals surface area contributed by atoms with Gasteiger partial charge in [-0.1, -0.05) is 0 Å². The van der Waals surface area contributed by atoms with E-state index in [1.54, 1.807) is 7.11 Å². The van der Waals surface area contributed by atoms with Gasteiger partial charge in [0.2, 0.25) is 0 Å². The molecule has 1 unspecified atom stereocenters. The molecule has 0 radical (unpaired) electrons. The third kappa shape index (κ3) is 2.33. The minimum Gasteiger partial charge on any atom is -0.375 e. The summed E-state index contributed by atoms with van der Waals surface area (Å²) in [4.78, 5) is 0. The zero-order chi connectivity index (χ0) is 6.57. The van der Waals surface area contributed by atoms with Crippen LogP contribution in [0.15, 0.2) is 0 Å². The van der Waals surface area contributed by atoms with Crippen LogP contribution in [0.4, 0.5) is 0 Å². The van der Waals surface area contributed by atoms with E-state index >= 15 is 0 Å². The third-order valence-corrected chi connectivity index (χ3v) is 1.71. The molecule has 0 amide bonds. The van der Waals surface area contributed by atoms with Crippen molar-refractivity contribution in [1.82, 2.24) is 0 Å². The highest BCUT2D eigenvalue weighted by molar-refractivity contribution is 8.13. The lowest BCUT2D eigenvalue weighted by Gasteiger charge is -2.06. The normalized spacial score (nSPS) is 13.4. The fraction of sp³-hybridized carbons (Fsp3) is 0.800. The second-order valence-corrected chi connectivity index (χ2v) is 2.29. The Labute approximate surface area is 54.1 Å². The number of methoxy groups -OCH3 is 1. The van der Waals surface area contributed by atoms with Crippen molar-refractivity contribution in [3.63, 3.8) is 0 Å². The topological polar surface area (TPSA) is 33.1 Å². The third-order valence-electron chi connectivity index (χ3n) is 0.943. The molecule has 0 fully saturated rings. The van der Waals surface area contributed by atoms with Crippen LogP contribution >= 0.6 is 11.8 Å². The van der Waals surface area contributed by atoms with E-state index in [9.17, 15) is 0 Å². The maximum Gasteiger partial charge on any atom is 0.102 e. The van der Waals surface area contributed by atoms with E-state index in [0.717, 1.165) is 0 Å². The van der Waals surface area contributed by atoms with Gasteiger partial charge < -0.3 is 4.74 Å². The molecule has 48 valence electrons. The van der Waals surface area contributed by atoms with Crippen LogP contribution in [0.5, 0.6) is 0 Å². The smallest absolute Gasteiger partial charge is 0.102 e. The molecule has 0 aromatic heterocycles. The summed E-state index contributed by atoms with van der Waals surface area (Å²) in [6.45, 7) is 1.86. The Morgan fingerprint density at radius 1 is 1.75 bits per heavy atom. The van der Waals surface area contributed by atoms with Gasteiger partial charge in [-0.3, -0.25) is 5.41 Å². The SMILES string of the molecule is COC(C)C(=N)SC. The van der Waals surface area contributed by atoms with E-state index in [2.05, 4.69) is 0 Å². The molecular formula is C5H11NOS. The van der Waals surface area contributed by atoms with Crippen LogP contribution in [0.1, 0.15) is 6.92 Å². The predicted molar refractivity (Wildman–Crippen MR) is 37.7 cm³/mol. The Bertz CT molecular complexity index is 84.5. The molecule has 0 heterocycles. The molecule has 0 saturated heterocycles. The van der Waals surface area contributed by atoms with Crippen molar-refractivity contribution < 1.29 is 4.74 Å². The van der Waals surface area contributed by atoms with Crippen molar-refractivity contribution >= 4 is 16.8 Å². The minimum absolute atomic E-state index is 0.0370. The van der Waals surface area contributed by atoms with E-state index in [-0.39, 0.29) is 6.10 Å². The second-order valence-electron chi connectivity index (χ2n) is 1.45. The van der Waals surface area contributed by atoms with E-state index in [1.807, 2.05) is 13.2 Å². The van der Waals surface area contributed by atoms with Crippen LogP contribution in [0, 0.1) is 5.41 Å². The largest absolute Gasteiger partial charge is 0.375 e. The molecular weight excluding hydrogens is 122 g/mol. The molecule has 1 N–H and O–H groups in total. The van der Waals surface area contributed by atoms with Crippen LogP contribution in [-0.4, -0.2) is 24.5 Å². The lowest BCUT2D eigenvalue weighted by Crippen LogP contribution is -2.13. The molecule has 2 nitrogen and oxygen atoms in total. The fourth-order valence-corrected chi connectivity index (χ4v) is 0.701. The minimum atomic E-state index is -0.0370. The van der Waals surface area contributed by atoms with Crippen LogP contribution < -0.4 is 0 Å². The average molecular weight is 133 g/mol. The van der Waals surface area contributed by atoms with E-state index < -0.39 is 0 Å². The van der Waals surface area contributed by atoms with E-state index in [0.29, 0.717) is 5.04 Å². The number of thioether (sulfide) groups is 1. The van der Waals surface area contributed by atoms with Gasteiger partial charge in [0.05, 0.1) is 5.04 Å². The Morgan fingerprint density at radius 3 is 2.38 bits per heavy atom. The molecule has 0 rings (SSSR count). The van der Waals surface area contributed by atoms with Gasteiger partial charge in [-0.05, 0) is 13.2 Å². The molecule has 1 atom stereocenters. The quantitative estimate of drug-likeness (QED) is 0.456. The maximum absolute atomic E-state index is 7.18. The highest BCUT2D eigenvalue weighted by Gasteiger charge is 2.03. The van der Waals surface area contributed by atoms with Gasteiger partial charge in [-0.15, -0.1) is 11.8 Å². The average Bonchev–Trinajstić information content (AvgIpc) is 1.84. The van der Waals surface area contributed by atoms with Crippen molar-refractivity contribution in [2.45, 2.75) is 13.0 Å². The standard InChI is InChI=1S/C5H11NOS/c1-4(7-2)5(6)8-3/h4,6H,1-3H3. The molecule has 3 heteroatoms. The lowest BCUT2D eigenvalue weighted by molar-refractivity contribution is 0.172. The Hall–Kier alpha value is -0.0200. The summed E-state index contributed by atoms with van der Waals surface area (Å²) in [5, 5.41) is 7.76. The number of ether oxygens (including phenoxy) is 1. The van der Waals surface area contributed by atoms with Crippen molar-refractivity contribution in [1.29, 1.82) is 5.41 Å². The van der Waals surface area contributed by atoms with Crippen molar-refractivity contribution in [3.8, 4) is 0 Å². The summed E-state index contributed by atoms with van der Waals surface area (Å²) in [7, 11) is 1.61. The zero-order valence-electron chi connectivity index (χ0n) is 5.39. The van der Waals surface area contributed by atoms with Crippen molar-refractivity contribution in [2.24, 2.45) is 0 Å². The fourth-order valence-electron chi connectivity index (χ4n) is 0.273. The molecule has 0 aromatic carbocycles. The van der Waals surface area contributed by atoms with Gasteiger partial charge >= 0.3 is 0 Å². The number of nitrogens with one attached hydrogen (secondary N) is 1. The van der Waals surface area contributed by atoms with E-state index in [4.69, 9.17) is 10.1 Å². The summed E-state index contributed by atoms with van der Waals surface area (Å²) in [6, 6.07) is 0. The summed E-state index contributed by atoms with van der Waals surface area (Å²) >= 11 is 1.42. The first-order valence-electron chi connectivity index (χ1n) is 2.37. The Balaban J connectivity index is 3.46. The molecule has 0 aromatic rings. The van der Waals surface area contributed by atoms with Gasteiger partial charge in [0.25, 0.3) is 0 Å². The van der Waals surface area contributed by atoms with Crippen LogP contribution in [0.2, 0.25) is 0 Å². The molecule has 0 bridgehead atoms. The molecule has 0 saturated carbocycles. The van der Waals surface area contributed by atoms with E-state index in [1.165, 1.54) is 11.8 Å². The highest BCUT2D eigenvalue weighted by atomic mass is 32.2. The summed E-state index contributed by atoms with van der Waals surface area (Å²) in [5.74, 6) is 0. The Morgan fingerprint density at radius 2 is 2.25 bits per heavy atom. The number of hydrogen-bond donors (Lipinski definition) is 1. The number of hydrogen-bond acceptors (Lipinski definition) is 3. The summed E-state index contributed by atoms with van der Waals surface area (Å²) in [5.41, 5.74) is 0. The van der Waals surface area contributed by atoms with Gasteiger partial charge in [-0.2, -0.15) is 0 Å². The summed E-state index contributed by atoms with van der Waals surface area (Å²) < 4.78 is 4.86. The zero-order valence-corrected chi connectivity index (χ0v) is 6.21. The van der Waals surface area contributed by atoms with Gasteiger partial charge in [0.1, 0.15) is 6.10 Å². The molecule has 0 aliphatic heterocycles. The molecule has 0 aliphatic carbocycles. The molecule has 8 heavy (non-hydrogen) atoms. The monoisotopic (exact) mass is 133 g/mol. The van der Waals surface area contributed by atoms with Crippen LogP contribution in [0.3, 0.4) is 0 Å². The highest BCUT2D eigenvalue weighted by Crippen LogP contribution is 2.02. The van der Waals surface area contributed by atoms with Crippen LogP contribution in [-0.2, 0) is 4.74 Å². The first-order valence-corrected chi connectivity index (χ1v) is 3.60. The Kier molecular flexibility index (Phi) is 3.91. The van der Waals surface area contributed by atoms with Gasteiger partial charge in [-0.25, -0.2) is 0 Å². The predicted octanol–water partition coefficient (Wildman–Crippen LogP) is 1.36. The molecule has 0 aliphatic rings. The number of rotatable bonds is 2. The van der Waals surface area contributed by atoms with Gasteiger partial charge in [0.15, 0.2) is 0 Å². The maximum atomic E-state index is 7.18. The van der Waals surface area contributed by atoms with Crippen molar-refractivity contribution in [2.75, 3.05) is 13.4 Å². The summed E-state index contributed by atoms with van der Waals surface area (Å²) in [6.07, 6.45) is 1.84. The van der Waals surface area contributed by atoms with Gasteiger partial charge in [0, 0.05) is 7.11 Å². The first kappa shape index (κ1) is 7.98. The first-order chi connectivity index (χ1) is 3.72. The lowest BCUT2D eigenvalue weighted by atomic mass is 10.4. The van der Waals surface area contributed by atoms with Crippen molar-refractivity contribution in [3.05, 3.63) is 0 Å². The second kappa shape index (κ2) is 3.92.